The van der Waals surface area contributed by atoms with Crippen LogP contribution in [0.25, 0.3) is 0 Å². The van der Waals surface area contributed by atoms with E-state index in [2.05, 4.69) is 22.1 Å². The highest BCUT2D eigenvalue weighted by Crippen LogP contribution is 2.26. The fourth-order valence-electron chi connectivity index (χ4n) is 2.30. The number of anilines is 1. The molecule has 5 nitrogen and oxygen atoms in total. The first kappa shape index (κ1) is 11.7. The molecule has 1 aliphatic rings. The zero-order valence-electron chi connectivity index (χ0n) is 10.0. The van der Waals surface area contributed by atoms with E-state index in [4.69, 9.17) is 10.9 Å². The summed E-state index contributed by atoms with van der Waals surface area (Å²) in [6, 6.07) is 4.35. The van der Waals surface area contributed by atoms with Gasteiger partial charge >= 0.3 is 0 Å². The Kier molecular flexibility index (Phi) is 3.46. The largest absolute Gasteiger partial charge is 0.409 e. The quantitative estimate of drug-likeness (QED) is 0.360. The van der Waals surface area contributed by atoms with Gasteiger partial charge < -0.3 is 15.8 Å². The summed E-state index contributed by atoms with van der Waals surface area (Å²) in [5.41, 5.74) is 7.04. The van der Waals surface area contributed by atoms with E-state index in [0.29, 0.717) is 11.7 Å². The van der Waals surface area contributed by atoms with E-state index in [9.17, 15) is 0 Å². The fourth-order valence-corrected chi connectivity index (χ4v) is 2.30. The van der Waals surface area contributed by atoms with Crippen molar-refractivity contribution >= 4 is 11.5 Å². The number of rotatable bonds is 3. The molecule has 1 aliphatic carbocycles. The normalized spacial score (nSPS) is 17.4. The number of oxime groups is 1. The van der Waals surface area contributed by atoms with Gasteiger partial charge in [0.1, 0.15) is 5.69 Å². The minimum absolute atomic E-state index is 0.0417. The molecule has 2 rings (SSSR count). The number of hydrogen-bond donors (Lipinski definition) is 2. The third kappa shape index (κ3) is 2.49. The minimum atomic E-state index is 0.0417. The maximum Gasteiger partial charge on any atom is 0.188 e. The summed E-state index contributed by atoms with van der Waals surface area (Å²) in [6.45, 7) is 0. The third-order valence-electron chi connectivity index (χ3n) is 3.40. The lowest BCUT2D eigenvalue weighted by molar-refractivity contribution is 0.318. The van der Waals surface area contributed by atoms with Crippen molar-refractivity contribution in [1.29, 1.82) is 0 Å². The SMILES string of the molecule is CN(c1ccc(/C(N)=N/O)nc1)C1CCCC1. The second kappa shape index (κ2) is 5.03. The molecule has 0 unspecified atom stereocenters. The van der Waals surface area contributed by atoms with E-state index in [1.807, 2.05) is 6.07 Å². The Morgan fingerprint density at radius 3 is 2.71 bits per heavy atom. The Hall–Kier alpha value is -1.78. The van der Waals surface area contributed by atoms with E-state index < -0.39 is 0 Å². The zero-order valence-corrected chi connectivity index (χ0v) is 10.0. The van der Waals surface area contributed by atoms with Crippen LogP contribution in [0.1, 0.15) is 31.4 Å². The number of nitrogens with two attached hydrogens (primary N) is 1. The minimum Gasteiger partial charge on any atom is -0.409 e. The van der Waals surface area contributed by atoms with Crippen LogP contribution in [-0.4, -0.2) is 29.1 Å². The summed E-state index contributed by atoms with van der Waals surface area (Å²) >= 11 is 0. The summed E-state index contributed by atoms with van der Waals surface area (Å²) in [5.74, 6) is 0.0417. The van der Waals surface area contributed by atoms with Gasteiger partial charge in [0.15, 0.2) is 5.84 Å². The molecular formula is C12H18N4O. The second-order valence-corrected chi connectivity index (χ2v) is 4.44. The molecule has 1 aromatic heterocycles. The first-order valence-electron chi connectivity index (χ1n) is 5.89. The molecule has 0 bridgehead atoms. The van der Waals surface area contributed by atoms with E-state index in [1.165, 1.54) is 25.7 Å². The topological polar surface area (TPSA) is 74.7 Å². The fraction of sp³-hybridized carbons (Fsp3) is 0.500. The van der Waals surface area contributed by atoms with Gasteiger partial charge in [-0.3, -0.25) is 4.98 Å². The van der Waals surface area contributed by atoms with Gasteiger partial charge in [0.05, 0.1) is 11.9 Å². The van der Waals surface area contributed by atoms with Crippen LogP contribution in [0.5, 0.6) is 0 Å². The van der Waals surface area contributed by atoms with Crippen molar-refractivity contribution in [1.82, 2.24) is 4.98 Å². The molecule has 0 atom stereocenters. The van der Waals surface area contributed by atoms with Gasteiger partial charge in [0, 0.05) is 13.1 Å². The summed E-state index contributed by atoms with van der Waals surface area (Å²) in [5, 5.41) is 11.5. The predicted molar refractivity (Wildman–Crippen MR) is 67.4 cm³/mol. The van der Waals surface area contributed by atoms with E-state index >= 15 is 0 Å². The molecule has 0 aliphatic heterocycles. The Morgan fingerprint density at radius 1 is 1.47 bits per heavy atom. The van der Waals surface area contributed by atoms with Crippen molar-refractivity contribution in [3.8, 4) is 0 Å². The average Bonchev–Trinajstić information content (AvgIpc) is 2.91. The van der Waals surface area contributed by atoms with Crippen molar-refractivity contribution in [2.24, 2.45) is 10.9 Å². The molecule has 3 N–H and O–H groups in total. The van der Waals surface area contributed by atoms with Crippen LogP contribution in [0.15, 0.2) is 23.5 Å². The average molecular weight is 234 g/mol. The lowest BCUT2D eigenvalue weighted by atomic mass is 10.2. The van der Waals surface area contributed by atoms with Crippen molar-refractivity contribution in [2.45, 2.75) is 31.7 Å². The van der Waals surface area contributed by atoms with E-state index in [0.717, 1.165) is 5.69 Å². The van der Waals surface area contributed by atoms with Crippen LogP contribution in [0.2, 0.25) is 0 Å². The van der Waals surface area contributed by atoms with Crippen LogP contribution < -0.4 is 10.6 Å². The molecule has 5 heteroatoms. The van der Waals surface area contributed by atoms with Gasteiger partial charge in [-0.1, -0.05) is 18.0 Å². The monoisotopic (exact) mass is 234 g/mol. The van der Waals surface area contributed by atoms with Crippen LogP contribution in [0, 0.1) is 0 Å². The maximum atomic E-state index is 8.55. The summed E-state index contributed by atoms with van der Waals surface area (Å²) in [7, 11) is 2.09. The molecule has 1 aromatic rings. The van der Waals surface area contributed by atoms with E-state index in [-0.39, 0.29) is 5.84 Å². The standard InChI is InChI=1S/C12H18N4O/c1-16(9-4-2-3-5-9)10-6-7-11(14-8-10)12(13)15-17/h6-9,17H,2-5H2,1H3,(H2,13,15). The molecule has 0 radical (unpaired) electrons. The summed E-state index contributed by atoms with van der Waals surface area (Å²) in [6.07, 6.45) is 6.89. The Bertz CT molecular complexity index is 395. The molecule has 0 saturated heterocycles. The highest BCUT2D eigenvalue weighted by atomic mass is 16.4. The number of pyridine rings is 1. The molecule has 1 fully saturated rings. The number of hydrogen-bond acceptors (Lipinski definition) is 4. The zero-order chi connectivity index (χ0) is 12.3. The second-order valence-electron chi connectivity index (χ2n) is 4.44. The Balaban J connectivity index is 2.11. The molecule has 1 heterocycles. The highest BCUT2D eigenvalue weighted by Gasteiger charge is 2.19. The van der Waals surface area contributed by atoms with Crippen LogP contribution >= 0.6 is 0 Å². The highest BCUT2D eigenvalue weighted by molar-refractivity contribution is 5.95. The first-order valence-corrected chi connectivity index (χ1v) is 5.89. The molecule has 1 saturated carbocycles. The molecule has 0 spiro atoms. The molecule has 17 heavy (non-hydrogen) atoms. The molecule has 0 amide bonds. The molecule has 0 aromatic carbocycles. The van der Waals surface area contributed by atoms with Gasteiger partial charge in [-0.05, 0) is 25.0 Å². The number of aromatic nitrogens is 1. The first-order chi connectivity index (χ1) is 8.22. The van der Waals surface area contributed by atoms with Crippen LogP contribution in [-0.2, 0) is 0 Å². The lowest BCUT2D eigenvalue weighted by Gasteiger charge is -2.26. The van der Waals surface area contributed by atoms with Crippen molar-refractivity contribution in [3.63, 3.8) is 0 Å². The molecular weight excluding hydrogens is 216 g/mol. The maximum absolute atomic E-state index is 8.55. The van der Waals surface area contributed by atoms with Gasteiger partial charge in [0.25, 0.3) is 0 Å². The van der Waals surface area contributed by atoms with Crippen LogP contribution in [0.3, 0.4) is 0 Å². The van der Waals surface area contributed by atoms with Crippen molar-refractivity contribution in [3.05, 3.63) is 24.0 Å². The molecule has 92 valence electrons. The van der Waals surface area contributed by atoms with Gasteiger partial charge in [-0.15, -0.1) is 0 Å². The van der Waals surface area contributed by atoms with E-state index in [1.54, 1.807) is 12.3 Å². The van der Waals surface area contributed by atoms with Crippen LogP contribution in [0.4, 0.5) is 5.69 Å². The smallest absolute Gasteiger partial charge is 0.188 e. The van der Waals surface area contributed by atoms with Crippen molar-refractivity contribution in [2.75, 3.05) is 11.9 Å². The Morgan fingerprint density at radius 2 is 2.18 bits per heavy atom. The van der Waals surface area contributed by atoms with Crippen molar-refractivity contribution < 1.29 is 5.21 Å². The summed E-state index contributed by atoms with van der Waals surface area (Å²) in [4.78, 5) is 6.44. The van der Waals surface area contributed by atoms with Gasteiger partial charge in [-0.25, -0.2) is 0 Å². The van der Waals surface area contributed by atoms with Gasteiger partial charge in [-0.2, -0.15) is 0 Å². The Labute approximate surface area is 101 Å². The number of nitrogens with zero attached hydrogens (tertiary/aromatic N) is 3. The predicted octanol–water partition coefficient (Wildman–Crippen LogP) is 1.55. The lowest BCUT2D eigenvalue weighted by Crippen LogP contribution is -2.29. The summed E-state index contributed by atoms with van der Waals surface area (Å²) < 4.78 is 0. The van der Waals surface area contributed by atoms with Gasteiger partial charge in [0.2, 0.25) is 0 Å². The third-order valence-corrected chi connectivity index (χ3v) is 3.40. The number of amidine groups is 1.